The number of amidine groups is 1. The van der Waals surface area contributed by atoms with Gasteiger partial charge in [-0.2, -0.15) is 0 Å². The second kappa shape index (κ2) is 4.53. The van der Waals surface area contributed by atoms with E-state index in [2.05, 4.69) is 15.9 Å². The van der Waals surface area contributed by atoms with E-state index >= 15 is 0 Å². The summed E-state index contributed by atoms with van der Waals surface area (Å²) in [5, 5.41) is 6.98. The zero-order valence-corrected chi connectivity index (χ0v) is 8.59. The van der Waals surface area contributed by atoms with E-state index in [1.807, 2.05) is 0 Å². The van der Waals surface area contributed by atoms with E-state index in [1.165, 1.54) is 0 Å². The summed E-state index contributed by atoms with van der Waals surface area (Å²) in [6, 6.07) is 1.71. The van der Waals surface area contributed by atoms with Crippen LogP contribution in [0.25, 0.3) is 0 Å². The first-order chi connectivity index (χ1) is 5.52. The second-order valence-electron chi connectivity index (χ2n) is 2.16. The fourth-order valence-electron chi connectivity index (χ4n) is 0.752. The zero-order chi connectivity index (χ0) is 9.30. The highest BCUT2D eigenvalue weighted by molar-refractivity contribution is 9.10. The molecule has 0 radical (unpaired) electrons. The summed E-state index contributed by atoms with van der Waals surface area (Å²) in [6.45, 7) is 0. The van der Waals surface area contributed by atoms with Gasteiger partial charge in [0.05, 0.1) is 4.47 Å². The number of nitrogen functional groups attached to an aromatic ring is 1. The van der Waals surface area contributed by atoms with Gasteiger partial charge in [-0.05, 0) is 22.0 Å². The van der Waals surface area contributed by atoms with E-state index in [9.17, 15) is 8.78 Å². The minimum absolute atomic E-state index is 0. The van der Waals surface area contributed by atoms with Crippen LogP contribution in [0, 0.1) is 17.0 Å². The van der Waals surface area contributed by atoms with E-state index in [0.717, 1.165) is 12.1 Å². The molecule has 1 rings (SSSR count). The van der Waals surface area contributed by atoms with E-state index in [1.54, 1.807) is 0 Å². The van der Waals surface area contributed by atoms with Crippen LogP contribution < -0.4 is 18.1 Å². The molecule has 6 heteroatoms. The predicted molar refractivity (Wildman–Crippen MR) is 46.2 cm³/mol. The molecule has 0 unspecified atom stereocenters. The lowest BCUT2D eigenvalue weighted by atomic mass is 10.2. The van der Waals surface area contributed by atoms with Gasteiger partial charge in [-0.1, -0.05) is 0 Å². The molecule has 0 aliphatic heterocycles. The zero-order valence-electron chi connectivity index (χ0n) is 7.24. The van der Waals surface area contributed by atoms with Crippen LogP contribution in [0.15, 0.2) is 16.6 Å². The Morgan fingerprint density at radius 2 is 2.00 bits per heavy atom. The molecule has 0 saturated carbocycles. The summed E-state index contributed by atoms with van der Waals surface area (Å²) in [4.78, 5) is 0. The van der Waals surface area contributed by atoms with Crippen LogP contribution in [0.1, 0.15) is 6.99 Å². The molecule has 0 aliphatic carbocycles. The minimum Gasteiger partial charge on any atom is -1.00 e. The lowest BCUT2D eigenvalue weighted by Crippen LogP contribution is -3.00. The van der Waals surface area contributed by atoms with E-state index in [-0.39, 0.29) is 29.7 Å². The largest absolute Gasteiger partial charge is 1.00 e. The molecule has 3 N–H and O–H groups in total. The van der Waals surface area contributed by atoms with Crippen LogP contribution in [-0.2, 0) is 0 Å². The molecule has 1 aromatic carbocycles. The summed E-state index contributed by atoms with van der Waals surface area (Å²) in [7, 11) is 0. The molecule has 72 valence electrons. The Kier molecular flexibility index (Phi) is 4.29. The summed E-state index contributed by atoms with van der Waals surface area (Å²) in [5.74, 6) is -1.89. The maximum absolute atomic E-state index is 12.8. The highest BCUT2D eigenvalue weighted by atomic mass is 79.9. The smallest absolute Gasteiger partial charge is 1.00 e. The highest BCUT2D eigenvalue weighted by Crippen LogP contribution is 2.21. The predicted octanol–water partition coefficient (Wildman–Crippen LogP) is -0.872. The third kappa shape index (κ3) is 2.63. The fraction of sp³-hybridized carbons (Fsp3) is 0. The summed E-state index contributed by atoms with van der Waals surface area (Å²) in [6.07, 6.45) is 0. The molecular weight excluding hydrogens is 265 g/mol. The van der Waals surface area contributed by atoms with Gasteiger partial charge in [0.1, 0.15) is 17.5 Å². The molecule has 0 atom stereocenters. The van der Waals surface area contributed by atoms with Gasteiger partial charge in [0.15, 0.2) is 0 Å². The first-order valence-electron chi connectivity index (χ1n) is 3.01. The average molecular weight is 271 g/mol. The van der Waals surface area contributed by atoms with Gasteiger partial charge in [-0.15, -0.1) is 0 Å². The van der Waals surface area contributed by atoms with Gasteiger partial charge in [-0.3, -0.25) is 5.41 Å². The van der Waals surface area contributed by atoms with Crippen molar-refractivity contribution in [2.24, 2.45) is 5.73 Å². The number of nitrogens with one attached hydrogen (secondary N) is 1. The standard InChI is InChI=1S/C7H5BrF2N2.ClH/c8-6-4(7(11)12)1-3(9)2-5(6)10;/h1-2H,(H3,11,12);1H. The Morgan fingerprint density at radius 1 is 1.46 bits per heavy atom. The maximum Gasteiger partial charge on any atom is 1.00 e. The summed E-state index contributed by atoms with van der Waals surface area (Å²) in [5.41, 5.74) is 5.09. The normalized spacial score (nSPS) is 9.15. The quantitative estimate of drug-likeness (QED) is 0.389. The van der Waals surface area contributed by atoms with Gasteiger partial charge in [0.2, 0.25) is 0 Å². The van der Waals surface area contributed by atoms with Crippen molar-refractivity contribution in [2.75, 3.05) is 0 Å². The highest BCUT2D eigenvalue weighted by Gasteiger charge is 2.10. The van der Waals surface area contributed by atoms with Crippen molar-refractivity contribution in [1.29, 1.82) is 5.41 Å². The van der Waals surface area contributed by atoms with Crippen LogP contribution in [0.3, 0.4) is 0 Å². The van der Waals surface area contributed by atoms with E-state index in [0.29, 0.717) is 0 Å². The third-order valence-electron chi connectivity index (χ3n) is 1.28. The molecule has 13 heavy (non-hydrogen) atoms. The SMILES string of the molecule is N=C(N)c1cc(F)cc(F)c1Br.[Cl-].[H+]. The van der Waals surface area contributed by atoms with Gasteiger partial charge in [-0.25, -0.2) is 8.78 Å². The Labute approximate surface area is 89.7 Å². The van der Waals surface area contributed by atoms with Crippen molar-refractivity contribution in [3.05, 3.63) is 33.8 Å². The van der Waals surface area contributed by atoms with Crippen LogP contribution in [0.2, 0.25) is 0 Å². The molecule has 0 amide bonds. The molecular formula is C7H6BrClF2N2. The van der Waals surface area contributed by atoms with E-state index in [4.69, 9.17) is 11.1 Å². The molecule has 1 aromatic rings. The Hall–Kier alpha value is -0.680. The third-order valence-corrected chi connectivity index (χ3v) is 2.09. The Morgan fingerprint density at radius 3 is 2.46 bits per heavy atom. The number of nitrogens with two attached hydrogens (primary N) is 1. The minimum atomic E-state index is -0.764. The lowest BCUT2D eigenvalue weighted by molar-refractivity contribution is -0.00000400. The van der Waals surface area contributed by atoms with Crippen LogP contribution in [0.5, 0.6) is 0 Å². The van der Waals surface area contributed by atoms with Crippen LogP contribution >= 0.6 is 15.9 Å². The second-order valence-corrected chi connectivity index (χ2v) is 2.96. The molecule has 0 aliphatic rings. The summed E-state index contributed by atoms with van der Waals surface area (Å²) < 4.78 is 25.3. The Bertz CT molecular complexity index is 349. The monoisotopic (exact) mass is 270 g/mol. The molecule has 0 fully saturated rings. The van der Waals surface area contributed by atoms with Crippen molar-refractivity contribution < 1.29 is 22.6 Å². The Balaban J connectivity index is 0. The van der Waals surface area contributed by atoms with Crippen molar-refractivity contribution >= 4 is 21.8 Å². The number of hydrogen-bond acceptors (Lipinski definition) is 1. The fourth-order valence-corrected chi connectivity index (χ4v) is 1.19. The van der Waals surface area contributed by atoms with E-state index < -0.39 is 11.6 Å². The molecule has 2 nitrogen and oxygen atoms in total. The molecule has 0 aromatic heterocycles. The van der Waals surface area contributed by atoms with Gasteiger partial charge < -0.3 is 18.1 Å². The first-order valence-corrected chi connectivity index (χ1v) is 3.80. The molecule has 0 bridgehead atoms. The van der Waals surface area contributed by atoms with Gasteiger partial charge >= 0.3 is 1.43 Å². The maximum atomic E-state index is 12.8. The topological polar surface area (TPSA) is 49.9 Å². The lowest BCUT2D eigenvalue weighted by Gasteiger charge is -2.02. The van der Waals surface area contributed by atoms with Crippen molar-refractivity contribution in [3.8, 4) is 0 Å². The van der Waals surface area contributed by atoms with Crippen molar-refractivity contribution in [3.63, 3.8) is 0 Å². The number of hydrogen-bond donors (Lipinski definition) is 2. The summed E-state index contributed by atoms with van der Waals surface area (Å²) >= 11 is 2.85. The first kappa shape index (κ1) is 12.3. The average Bonchev–Trinajstić information content (AvgIpc) is 1.96. The molecule has 0 heterocycles. The van der Waals surface area contributed by atoms with Crippen LogP contribution in [0.4, 0.5) is 8.78 Å². The van der Waals surface area contributed by atoms with Crippen LogP contribution in [-0.4, -0.2) is 5.84 Å². The van der Waals surface area contributed by atoms with Gasteiger partial charge in [0.25, 0.3) is 0 Å². The van der Waals surface area contributed by atoms with Crippen molar-refractivity contribution in [2.45, 2.75) is 0 Å². The number of benzene rings is 1. The number of rotatable bonds is 1. The number of halogens is 4. The van der Waals surface area contributed by atoms with Crippen molar-refractivity contribution in [1.82, 2.24) is 0 Å². The van der Waals surface area contributed by atoms with Gasteiger partial charge in [0, 0.05) is 11.6 Å². The molecule has 0 saturated heterocycles. The molecule has 0 spiro atoms.